The van der Waals surface area contributed by atoms with Crippen LogP contribution in [0.25, 0.3) is 0 Å². The van der Waals surface area contributed by atoms with E-state index in [0.29, 0.717) is 0 Å². The van der Waals surface area contributed by atoms with Crippen molar-refractivity contribution in [2.24, 2.45) is 0 Å². The molecule has 0 aliphatic heterocycles. The van der Waals surface area contributed by atoms with Crippen molar-refractivity contribution in [3.05, 3.63) is 52.5 Å². The number of methoxy groups -OCH3 is 1. The summed E-state index contributed by atoms with van der Waals surface area (Å²) < 4.78 is 6.33. The second-order valence-corrected chi connectivity index (χ2v) is 7.22. The molecule has 0 amide bonds. The maximum absolute atomic E-state index is 5.21. The van der Waals surface area contributed by atoms with Gasteiger partial charge in [0.15, 0.2) is 0 Å². The van der Waals surface area contributed by atoms with Crippen molar-refractivity contribution in [1.29, 1.82) is 0 Å². The van der Waals surface area contributed by atoms with Gasteiger partial charge in [-0.05, 0) is 54.8 Å². The summed E-state index contributed by atoms with van der Waals surface area (Å²) in [6.45, 7) is 0.941. The fourth-order valence-electron chi connectivity index (χ4n) is 2.08. The molecule has 2 nitrogen and oxygen atoms in total. The number of halogens is 1. The number of rotatable bonds is 6. The van der Waals surface area contributed by atoms with Crippen LogP contribution in [-0.4, -0.2) is 13.2 Å². The molecule has 21 heavy (non-hydrogen) atoms. The molecular weight excluding hydrogens is 346 g/mol. The molecule has 0 radical (unpaired) electrons. The Kier molecular flexibility index (Phi) is 4.88. The molecule has 0 spiro atoms. The third-order valence-electron chi connectivity index (χ3n) is 3.47. The molecule has 1 saturated carbocycles. The van der Waals surface area contributed by atoms with Crippen LogP contribution in [0.15, 0.2) is 56.7 Å². The summed E-state index contributed by atoms with van der Waals surface area (Å²) in [5.41, 5.74) is 1.35. The highest BCUT2D eigenvalue weighted by molar-refractivity contribution is 9.10. The van der Waals surface area contributed by atoms with E-state index in [4.69, 9.17) is 4.74 Å². The van der Waals surface area contributed by atoms with E-state index in [-0.39, 0.29) is 0 Å². The first-order valence-corrected chi connectivity index (χ1v) is 8.69. The lowest BCUT2D eigenvalue weighted by Crippen LogP contribution is -2.15. The lowest BCUT2D eigenvalue weighted by molar-refractivity contribution is 0.414. The Morgan fingerprint density at radius 1 is 1.19 bits per heavy atom. The number of nitrogens with one attached hydrogen (secondary N) is 1. The maximum atomic E-state index is 5.21. The fraction of sp³-hybridized carbons (Fsp3) is 0.294. The van der Waals surface area contributed by atoms with E-state index < -0.39 is 0 Å². The van der Waals surface area contributed by atoms with E-state index in [9.17, 15) is 0 Å². The van der Waals surface area contributed by atoms with Crippen LogP contribution in [0.5, 0.6) is 5.75 Å². The third kappa shape index (κ3) is 4.25. The molecule has 0 heterocycles. The number of ether oxygens (including phenoxy) is 1. The van der Waals surface area contributed by atoms with Crippen LogP contribution in [0.3, 0.4) is 0 Å². The summed E-state index contributed by atoms with van der Waals surface area (Å²) >= 11 is 5.37. The standard InChI is InChI=1S/C17H18BrNOS/c1-20-15-6-8-16(9-7-15)21-17-10-13(18)3-2-12(17)11-19-14-4-5-14/h2-3,6-10,14,19H,4-5,11H2,1H3. The molecule has 1 fully saturated rings. The Hall–Kier alpha value is -0.970. The molecule has 2 aromatic carbocycles. The van der Waals surface area contributed by atoms with Gasteiger partial charge in [0.2, 0.25) is 0 Å². The molecule has 0 aromatic heterocycles. The molecule has 0 bridgehead atoms. The minimum absolute atomic E-state index is 0.729. The normalized spacial score (nSPS) is 14.2. The van der Waals surface area contributed by atoms with Gasteiger partial charge in [-0.15, -0.1) is 0 Å². The van der Waals surface area contributed by atoms with Gasteiger partial charge < -0.3 is 10.1 Å². The molecule has 1 N–H and O–H groups in total. The van der Waals surface area contributed by atoms with E-state index in [1.165, 1.54) is 28.2 Å². The SMILES string of the molecule is COc1ccc(Sc2cc(Br)ccc2CNC2CC2)cc1. The zero-order valence-corrected chi connectivity index (χ0v) is 14.3. The minimum atomic E-state index is 0.729. The summed E-state index contributed by atoms with van der Waals surface area (Å²) in [5, 5.41) is 3.59. The monoisotopic (exact) mass is 363 g/mol. The first kappa shape index (κ1) is 14.9. The van der Waals surface area contributed by atoms with Crippen LogP contribution in [0.1, 0.15) is 18.4 Å². The van der Waals surface area contributed by atoms with Crippen molar-refractivity contribution >= 4 is 27.7 Å². The zero-order valence-electron chi connectivity index (χ0n) is 11.9. The highest BCUT2D eigenvalue weighted by Gasteiger charge is 2.20. The van der Waals surface area contributed by atoms with Crippen molar-refractivity contribution in [3.8, 4) is 5.75 Å². The molecule has 110 valence electrons. The highest BCUT2D eigenvalue weighted by Crippen LogP contribution is 2.34. The van der Waals surface area contributed by atoms with Crippen molar-refractivity contribution in [1.82, 2.24) is 5.32 Å². The molecule has 1 aliphatic rings. The Labute approximate surface area is 138 Å². The zero-order chi connectivity index (χ0) is 14.7. The predicted molar refractivity (Wildman–Crippen MR) is 91.1 cm³/mol. The van der Waals surface area contributed by atoms with Crippen molar-refractivity contribution in [2.75, 3.05) is 7.11 Å². The summed E-state index contributed by atoms with van der Waals surface area (Å²) in [6.07, 6.45) is 2.63. The van der Waals surface area contributed by atoms with Gasteiger partial charge in [-0.2, -0.15) is 0 Å². The van der Waals surface area contributed by atoms with Gasteiger partial charge in [0.1, 0.15) is 5.75 Å². The minimum Gasteiger partial charge on any atom is -0.497 e. The summed E-state index contributed by atoms with van der Waals surface area (Å²) in [4.78, 5) is 2.52. The van der Waals surface area contributed by atoms with Gasteiger partial charge in [0, 0.05) is 26.9 Å². The summed E-state index contributed by atoms with van der Waals surface area (Å²) in [5.74, 6) is 0.893. The number of hydrogen-bond acceptors (Lipinski definition) is 3. The van der Waals surface area contributed by atoms with Gasteiger partial charge in [0.05, 0.1) is 7.11 Å². The van der Waals surface area contributed by atoms with Crippen LogP contribution >= 0.6 is 27.7 Å². The average molecular weight is 364 g/mol. The van der Waals surface area contributed by atoms with Gasteiger partial charge in [-0.1, -0.05) is 33.8 Å². The van der Waals surface area contributed by atoms with Crippen LogP contribution in [0.2, 0.25) is 0 Å². The van der Waals surface area contributed by atoms with Gasteiger partial charge in [-0.3, -0.25) is 0 Å². The first-order chi connectivity index (χ1) is 10.2. The van der Waals surface area contributed by atoms with Crippen LogP contribution in [0, 0.1) is 0 Å². The molecule has 1 aliphatic carbocycles. The Balaban J connectivity index is 1.76. The number of benzene rings is 2. The second-order valence-electron chi connectivity index (χ2n) is 5.18. The van der Waals surface area contributed by atoms with E-state index in [1.54, 1.807) is 18.9 Å². The number of hydrogen-bond donors (Lipinski definition) is 1. The first-order valence-electron chi connectivity index (χ1n) is 7.08. The van der Waals surface area contributed by atoms with Crippen LogP contribution in [-0.2, 0) is 6.54 Å². The van der Waals surface area contributed by atoms with Crippen LogP contribution < -0.4 is 10.1 Å². The Bertz CT molecular complexity index is 611. The lowest BCUT2D eigenvalue weighted by Gasteiger charge is -2.11. The molecule has 2 aromatic rings. The molecule has 0 atom stereocenters. The molecular formula is C17H18BrNOS. The van der Waals surface area contributed by atoms with E-state index in [1.807, 2.05) is 12.1 Å². The fourth-order valence-corrected chi connectivity index (χ4v) is 3.58. The largest absolute Gasteiger partial charge is 0.497 e. The smallest absolute Gasteiger partial charge is 0.118 e. The molecule has 3 rings (SSSR count). The third-order valence-corrected chi connectivity index (χ3v) is 5.08. The topological polar surface area (TPSA) is 21.3 Å². The highest BCUT2D eigenvalue weighted by atomic mass is 79.9. The Morgan fingerprint density at radius 2 is 1.95 bits per heavy atom. The van der Waals surface area contributed by atoms with Crippen molar-refractivity contribution < 1.29 is 4.74 Å². The molecule has 0 unspecified atom stereocenters. The quantitative estimate of drug-likeness (QED) is 0.791. The maximum Gasteiger partial charge on any atom is 0.118 e. The molecule has 4 heteroatoms. The Morgan fingerprint density at radius 3 is 2.62 bits per heavy atom. The van der Waals surface area contributed by atoms with Crippen LogP contribution in [0.4, 0.5) is 0 Å². The van der Waals surface area contributed by atoms with Gasteiger partial charge in [0.25, 0.3) is 0 Å². The summed E-state index contributed by atoms with van der Waals surface area (Å²) in [6, 6.07) is 15.4. The van der Waals surface area contributed by atoms with E-state index >= 15 is 0 Å². The predicted octanol–water partition coefficient (Wildman–Crippen LogP) is 4.86. The van der Waals surface area contributed by atoms with Gasteiger partial charge >= 0.3 is 0 Å². The van der Waals surface area contributed by atoms with E-state index in [0.717, 1.165) is 22.8 Å². The molecule has 0 saturated heterocycles. The summed E-state index contributed by atoms with van der Waals surface area (Å²) in [7, 11) is 1.69. The van der Waals surface area contributed by atoms with Crippen molar-refractivity contribution in [2.45, 2.75) is 35.2 Å². The van der Waals surface area contributed by atoms with Gasteiger partial charge in [-0.25, -0.2) is 0 Å². The van der Waals surface area contributed by atoms with Crippen molar-refractivity contribution in [3.63, 3.8) is 0 Å². The van der Waals surface area contributed by atoms with E-state index in [2.05, 4.69) is 51.6 Å². The second kappa shape index (κ2) is 6.86. The lowest BCUT2D eigenvalue weighted by atomic mass is 10.2. The average Bonchev–Trinajstić information content (AvgIpc) is 3.31.